The van der Waals surface area contributed by atoms with Crippen molar-refractivity contribution in [2.45, 2.75) is 65.1 Å². The first kappa shape index (κ1) is 11.4. The van der Waals surface area contributed by atoms with Crippen LogP contribution in [0.2, 0.25) is 0 Å². The molecule has 1 N–H and O–H groups in total. The summed E-state index contributed by atoms with van der Waals surface area (Å²) in [4.78, 5) is 2.65. The fourth-order valence-electron chi connectivity index (χ4n) is 2.78. The van der Waals surface area contributed by atoms with Gasteiger partial charge in [-0.15, -0.1) is 0 Å². The predicted molar refractivity (Wildman–Crippen MR) is 67.2 cm³/mol. The lowest BCUT2D eigenvalue weighted by molar-refractivity contribution is 0.164. The quantitative estimate of drug-likeness (QED) is 0.756. The number of hydrogen-bond donors (Lipinski definition) is 1. The molecule has 0 amide bonds. The van der Waals surface area contributed by atoms with Gasteiger partial charge in [0.2, 0.25) is 0 Å². The third kappa shape index (κ3) is 2.21. The van der Waals surface area contributed by atoms with E-state index in [1.807, 2.05) is 0 Å². The molecule has 0 aromatic heterocycles. The highest BCUT2D eigenvalue weighted by Gasteiger charge is 2.56. The molecule has 2 aliphatic rings. The molecule has 90 valence electrons. The molecule has 1 heterocycles. The Balaban J connectivity index is 0.00000128. The van der Waals surface area contributed by atoms with Crippen molar-refractivity contribution in [2.75, 3.05) is 13.1 Å². The molecule has 1 aliphatic carbocycles. The Bertz CT molecular complexity index is 241. The summed E-state index contributed by atoms with van der Waals surface area (Å²) in [5.41, 5.74) is 0.973. The van der Waals surface area contributed by atoms with Crippen LogP contribution in [-0.2, 0) is 0 Å². The maximum atomic E-state index is 3.75. The van der Waals surface area contributed by atoms with Crippen molar-refractivity contribution in [2.24, 2.45) is 5.41 Å². The molecule has 15 heavy (non-hydrogen) atoms. The van der Waals surface area contributed by atoms with Crippen LogP contribution in [0.1, 0.15) is 48.9 Å². The van der Waals surface area contributed by atoms with Gasteiger partial charge in [-0.25, -0.2) is 0 Å². The van der Waals surface area contributed by atoms with Crippen LogP contribution >= 0.6 is 0 Å². The molecule has 2 fully saturated rings. The zero-order valence-corrected chi connectivity index (χ0v) is 10.9. The first-order chi connectivity index (χ1) is 6.83. The Kier molecular flexibility index (Phi) is 2.63. The van der Waals surface area contributed by atoms with Gasteiger partial charge in [0.1, 0.15) is 0 Å². The average molecular weight is 212 g/mol. The van der Waals surface area contributed by atoms with Crippen LogP contribution in [0.15, 0.2) is 0 Å². The van der Waals surface area contributed by atoms with Gasteiger partial charge in [0.25, 0.3) is 0 Å². The minimum Gasteiger partial charge on any atom is -0.310 e. The molecule has 1 unspecified atom stereocenters. The summed E-state index contributed by atoms with van der Waals surface area (Å²) in [6.45, 7) is 14.1. The van der Waals surface area contributed by atoms with Crippen molar-refractivity contribution < 1.29 is 1.43 Å². The summed E-state index contributed by atoms with van der Waals surface area (Å²) >= 11 is 0. The minimum atomic E-state index is 0. The predicted octanol–water partition coefficient (Wildman–Crippen LogP) is 2.49. The van der Waals surface area contributed by atoms with Crippen molar-refractivity contribution in [3.63, 3.8) is 0 Å². The maximum absolute atomic E-state index is 3.75. The van der Waals surface area contributed by atoms with E-state index in [-0.39, 0.29) is 1.43 Å². The molecule has 0 bridgehead atoms. The molecule has 0 aromatic rings. The van der Waals surface area contributed by atoms with Gasteiger partial charge in [-0.1, -0.05) is 13.8 Å². The van der Waals surface area contributed by atoms with Crippen LogP contribution in [0.4, 0.5) is 0 Å². The number of rotatable bonds is 2. The number of likely N-dealkylation sites (tertiary alicyclic amines) is 1. The van der Waals surface area contributed by atoms with Gasteiger partial charge in [-0.2, -0.15) is 0 Å². The summed E-state index contributed by atoms with van der Waals surface area (Å²) in [5.74, 6) is 0. The van der Waals surface area contributed by atoms with Gasteiger partial charge in [-0.3, -0.25) is 4.90 Å². The maximum Gasteiger partial charge on any atom is 0.0266 e. The van der Waals surface area contributed by atoms with E-state index in [1.54, 1.807) is 0 Å². The molecule has 0 radical (unpaired) electrons. The van der Waals surface area contributed by atoms with E-state index in [0.717, 1.165) is 6.04 Å². The largest absolute Gasteiger partial charge is 0.310 e. The third-order valence-corrected chi connectivity index (χ3v) is 4.02. The van der Waals surface area contributed by atoms with Crippen molar-refractivity contribution in [3.05, 3.63) is 0 Å². The normalized spacial score (nSPS) is 30.4. The van der Waals surface area contributed by atoms with Crippen LogP contribution in [0, 0.1) is 5.41 Å². The average Bonchev–Trinajstić information content (AvgIpc) is 2.70. The lowest BCUT2D eigenvalue weighted by Crippen LogP contribution is -2.44. The van der Waals surface area contributed by atoms with Crippen LogP contribution in [-0.4, -0.2) is 35.6 Å². The SMILES string of the molecule is CC(C)NC1CN(C(C)(C)C)CC12CC2.[HH]. The zero-order valence-electron chi connectivity index (χ0n) is 10.9. The van der Waals surface area contributed by atoms with E-state index in [1.165, 1.54) is 25.9 Å². The highest BCUT2D eigenvalue weighted by Crippen LogP contribution is 2.53. The lowest BCUT2D eigenvalue weighted by atomic mass is 10.0. The molecule has 1 saturated heterocycles. The van der Waals surface area contributed by atoms with Gasteiger partial charge in [0, 0.05) is 32.1 Å². The monoisotopic (exact) mass is 212 g/mol. The van der Waals surface area contributed by atoms with Crippen molar-refractivity contribution >= 4 is 0 Å². The second kappa shape index (κ2) is 3.46. The molecular formula is C13H28N2. The van der Waals surface area contributed by atoms with Crippen LogP contribution in [0.25, 0.3) is 0 Å². The molecule has 1 spiro atoms. The molecule has 0 aromatic carbocycles. The highest BCUT2D eigenvalue weighted by molar-refractivity contribution is 5.11. The number of nitrogens with one attached hydrogen (secondary N) is 1. The van der Waals surface area contributed by atoms with Gasteiger partial charge in [-0.05, 0) is 39.0 Å². The number of nitrogens with zero attached hydrogens (tertiary/aromatic N) is 1. The van der Waals surface area contributed by atoms with Crippen molar-refractivity contribution in [3.8, 4) is 0 Å². The van der Waals surface area contributed by atoms with Crippen LogP contribution < -0.4 is 5.32 Å². The molecule has 1 atom stereocenters. The van der Waals surface area contributed by atoms with Crippen LogP contribution in [0.3, 0.4) is 0 Å². The molecule has 1 aliphatic heterocycles. The summed E-state index contributed by atoms with van der Waals surface area (Å²) in [6.07, 6.45) is 2.87. The standard InChI is InChI=1S/C13H26N2.H2/c1-10(2)14-11-8-15(12(3,4)5)9-13(11)6-7-13;/h10-11,14H,6-9H2,1-5H3;1H. The Morgan fingerprint density at radius 3 is 2.33 bits per heavy atom. The molecule has 2 rings (SSSR count). The summed E-state index contributed by atoms with van der Waals surface area (Å²) in [7, 11) is 0. The first-order valence-corrected chi connectivity index (χ1v) is 6.35. The molecule has 2 heteroatoms. The van der Waals surface area contributed by atoms with Gasteiger partial charge in [0.05, 0.1) is 0 Å². The van der Waals surface area contributed by atoms with E-state index >= 15 is 0 Å². The molecular weight excluding hydrogens is 184 g/mol. The van der Waals surface area contributed by atoms with E-state index in [4.69, 9.17) is 0 Å². The second-order valence-electron chi connectivity index (χ2n) is 6.79. The Labute approximate surface area is 95.9 Å². The fourth-order valence-corrected chi connectivity index (χ4v) is 2.78. The molecule has 2 nitrogen and oxygen atoms in total. The lowest BCUT2D eigenvalue weighted by Gasteiger charge is -2.32. The minimum absolute atomic E-state index is 0. The third-order valence-electron chi connectivity index (χ3n) is 4.02. The zero-order chi connectivity index (χ0) is 11.3. The second-order valence-corrected chi connectivity index (χ2v) is 6.79. The Hall–Kier alpha value is -0.0800. The fraction of sp³-hybridized carbons (Fsp3) is 1.00. The topological polar surface area (TPSA) is 15.3 Å². The summed E-state index contributed by atoms with van der Waals surface area (Å²) in [5, 5.41) is 3.75. The van der Waals surface area contributed by atoms with Gasteiger partial charge < -0.3 is 5.32 Å². The highest BCUT2D eigenvalue weighted by atomic mass is 15.3. The van der Waals surface area contributed by atoms with Crippen LogP contribution in [0.5, 0.6) is 0 Å². The summed E-state index contributed by atoms with van der Waals surface area (Å²) < 4.78 is 0. The van der Waals surface area contributed by atoms with Gasteiger partial charge in [0.15, 0.2) is 0 Å². The molecule has 1 saturated carbocycles. The summed E-state index contributed by atoms with van der Waals surface area (Å²) in [6, 6.07) is 1.35. The van der Waals surface area contributed by atoms with E-state index in [9.17, 15) is 0 Å². The first-order valence-electron chi connectivity index (χ1n) is 6.35. The number of hydrogen-bond acceptors (Lipinski definition) is 2. The van der Waals surface area contributed by atoms with E-state index in [2.05, 4.69) is 44.8 Å². The van der Waals surface area contributed by atoms with Gasteiger partial charge >= 0.3 is 0 Å². The van der Waals surface area contributed by atoms with E-state index < -0.39 is 0 Å². The van der Waals surface area contributed by atoms with Crippen molar-refractivity contribution in [1.82, 2.24) is 10.2 Å². The Morgan fingerprint density at radius 1 is 1.33 bits per heavy atom. The van der Waals surface area contributed by atoms with E-state index in [0.29, 0.717) is 17.0 Å². The smallest absolute Gasteiger partial charge is 0.0266 e. The Morgan fingerprint density at radius 2 is 1.93 bits per heavy atom. The van der Waals surface area contributed by atoms with Crippen molar-refractivity contribution in [1.29, 1.82) is 0 Å².